The smallest absolute Gasteiger partial charge is 0.417 e. The van der Waals surface area contributed by atoms with E-state index < -0.39 is 34.8 Å². The van der Waals surface area contributed by atoms with Crippen LogP contribution >= 0.6 is 11.6 Å². The van der Waals surface area contributed by atoms with Crippen LogP contribution in [0, 0.1) is 0 Å². The van der Waals surface area contributed by atoms with Gasteiger partial charge in [0.2, 0.25) is 0 Å². The Morgan fingerprint density at radius 2 is 1.91 bits per heavy atom. The van der Waals surface area contributed by atoms with E-state index in [1.54, 1.807) is 18.2 Å². The van der Waals surface area contributed by atoms with E-state index in [2.05, 4.69) is 9.88 Å². The SMILES string of the molecule is O=C(OCc1cc(Cl)cc(C(F)(F)F)c1)N1CCN(CC[S@@+]([O-])c2ccc3[nH]c(=O)oc3c2)CC1. The Morgan fingerprint density at radius 1 is 1.17 bits per heavy atom. The number of hydrogen-bond donors (Lipinski definition) is 1. The normalized spacial score (nSPS) is 16.0. The standard InChI is InChI=1S/C22H21ClF3N3O5S/c23-16-10-14(9-15(11-16)22(24,25)26)13-33-21(31)29-5-3-28(4-6-29)7-8-35(32)17-1-2-18-19(12-17)34-20(30)27-18/h1-2,9-12H,3-8,13H2,(H,27,30)/t35-/m1/s1. The molecule has 13 heteroatoms. The summed E-state index contributed by atoms with van der Waals surface area (Å²) < 4.78 is 61.6. The molecule has 0 radical (unpaired) electrons. The lowest BCUT2D eigenvalue weighted by Gasteiger charge is -2.33. The number of fused-ring (bicyclic) bond motifs is 1. The molecule has 1 aliphatic rings. The van der Waals surface area contributed by atoms with Gasteiger partial charge in [-0.3, -0.25) is 9.88 Å². The summed E-state index contributed by atoms with van der Waals surface area (Å²) in [4.78, 5) is 30.2. The van der Waals surface area contributed by atoms with Gasteiger partial charge in [0.15, 0.2) is 10.5 Å². The van der Waals surface area contributed by atoms with Gasteiger partial charge < -0.3 is 18.6 Å². The first-order valence-electron chi connectivity index (χ1n) is 10.6. The highest BCUT2D eigenvalue weighted by atomic mass is 35.5. The molecule has 8 nitrogen and oxygen atoms in total. The molecule has 1 fully saturated rings. The Balaban J connectivity index is 1.23. The summed E-state index contributed by atoms with van der Waals surface area (Å²) in [7, 11) is 0. The van der Waals surface area contributed by atoms with Crippen molar-refractivity contribution in [1.29, 1.82) is 0 Å². The average Bonchev–Trinajstić information content (AvgIpc) is 3.19. The number of rotatable bonds is 6. The molecule has 2 heterocycles. The van der Waals surface area contributed by atoms with E-state index in [0.29, 0.717) is 54.5 Å². The third kappa shape index (κ3) is 6.51. The molecule has 2 aromatic carbocycles. The number of alkyl halides is 3. The third-order valence-electron chi connectivity index (χ3n) is 5.53. The minimum absolute atomic E-state index is 0.0885. The number of H-pyrrole nitrogens is 1. The van der Waals surface area contributed by atoms with Crippen LogP contribution in [-0.4, -0.2) is 63.9 Å². The lowest BCUT2D eigenvalue weighted by atomic mass is 10.1. The molecule has 0 aliphatic carbocycles. The highest BCUT2D eigenvalue weighted by molar-refractivity contribution is 7.91. The molecule has 1 aromatic heterocycles. The van der Waals surface area contributed by atoms with E-state index in [9.17, 15) is 27.3 Å². The molecule has 0 saturated carbocycles. The number of oxazole rings is 1. The van der Waals surface area contributed by atoms with Crippen LogP contribution in [-0.2, 0) is 28.7 Å². The van der Waals surface area contributed by atoms with Gasteiger partial charge in [0.25, 0.3) is 0 Å². The van der Waals surface area contributed by atoms with Crippen LogP contribution in [0.4, 0.5) is 18.0 Å². The second-order valence-electron chi connectivity index (χ2n) is 7.95. The maximum absolute atomic E-state index is 12.9. The molecule has 4 rings (SSSR count). The third-order valence-corrected chi connectivity index (χ3v) is 7.08. The summed E-state index contributed by atoms with van der Waals surface area (Å²) in [5.41, 5.74) is 0.131. The van der Waals surface area contributed by atoms with Gasteiger partial charge in [0.1, 0.15) is 12.4 Å². The van der Waals surface area contributed by atoms with Crippen molar-refractivity contribution < 1.29 is 31.7 Å². The van der Waals surface area contributed by atoms with Crippen LogP contribution in [0.15, 0.2) is 50.5 Å². The molecule has 0 bridgehead atoms. The number of carbonyl (C=O) groups excluding carboxylic acids is 1. The Labute approximate surface area is 205 Å². The summed E-state index contributed by atoms with van der Waals surface area (Å²) in [6.07, 6.45) is -5.17. The van der Waals surface area contributed by atoms with Gasteiger partial charge in [0, 0.05) is 43.8 Å². The van der Waals surface area contributed by atoms with Crippen molar-refractivity contribution in [3.63, 3.8) is 0 Å². The number of amides is 1. The molecule has 35 heavy (non-hydrogen) atoms. The van der Waals surface area contributed by atoms with Crippen LogP contribution in [0.1, 0.15) is 11.1 Å². The minimum atomic E-state index is -4.55. The number of hydrogen-bond acceptors (Lipinski definition) is 6. The number of halogens is 4. The summed E-state index contributed by atoms with van der Waals surface area (Å²) in [5, 5.41) is -0.0885. The van der Waals surface area contributed by atoms with Crippen molar-refractivity contribution >= 4 is 40.0 Å². The Hall–Kier alpha value is -2.67. The predicted octanol–water partition coefficient (Wildman–Crippen LogP) is 3.86. The molecule has 1 N–H and O–H groups in total. The topological polar surface area (TPSA) is 102 Å². The molecule has 1 atom stereocenters. The lowest BCUT2D eigenvalue weighted by Crippen LogP contribution is -2.49. The quantitative estimate of drug-likeness (QED) is 0.485. The van der Waals surface area contributed by atoms with Crippen molar-refractivity contribution in [3.05, 3.63) is 63.1 Å². The van der Waals surface area contributed by atoms with Gasteiger partial charge in [-0.15, -0.1) is 0 Å². The summed E-state index contributed by atoms with van der Waals surface area (Å²) >= 11 is 4.46. The van der Waals surface area contributed by atoms with E-state index in [-0.39, 0.29) is 17.2 Å². The molecular formula is C22H21ClF3N3O5S. The zero-order chi connectivity index (χ0) is 25.2. The van der Waals surface area contributed by atoms with Gasteiger partial charge in [-0.1, -0.05) is 11.6 Å². The van der Waals surface area contributed by atoms with Crippen molar-refractivity contribution in [2.24, 2.45) is 0 Å². The van der Waals surface area contributed by atoms with Gasteiger partial charge in [-0.05, 0) is 47.1 Å². The van der Waals surface area contributed by atoms with E-state index in [0.717, 1.165) is 12.1 Å². The molecule has 0 spiro atoms. The predicted molar refractivity (Wildman–Crippen MR) is 123 cm³/mol. The van der Waals surface area contributed by atoms with Crippen LogP contribution in [0.25, 0.3) is 11.1 Å². The van der Waals surface area contributed by atoms with Crippen LogP contribution in [0.2, 0.25) is 5.02 Å². The zero-order valence-electron chi connectivity index (χ0n) is 18.3. The molecular weight excluding hydrogens is 511 g/mol. The summed E-state index contributed by atoms with van der Waals surface area (Å²) in [6.45, 7) is 2.02. The number of ether oxygens (including phenoxy) is 1. The van der Waals surface area contributed by atoms with Gasteiger partial charge in [-0.2, -0.15) is 13.2 Å². The number of nitrogens with one attached hydrogen (secondary N) is 1. The number of nitrogens with zero attached hydrogens (tertiary/aromatic N) is 2. The van der Waals surface area contributed by atoms with E-state index >= 15 is 0 Å². The first kappa shape index (κ1) is 25.4. The van der Waals surface area contributed by atoms with Gasteiger partial charge >= 0.3 is 18.0 Å². The molecule has 1 saturated heterocycles. The maximum atomic E-state index is 12.9. The molecule has 3 aromatic rings. The average molecular weight is 532 g/mol. The molecule has 188 valence electrons. The molecule has 1 aliphatic heterocycles. The van der Waals surface area contributed by atoms with Crippen molar-refractivity contribution in [2.45, 2.75) is 17.7 Å². The summed E-state index contributed by atoms with van der Waals surface area (Å²) in [6, 6.07) is 7.94. The fraction of sp³-hybridized carbons (Fsp3) is 0.364. The maximum Gasteiger partial charge on any atom is 0.417 e. The van der Waals surface area contributed by atoms with Crippen LogP contribution in [0.3, 0.4) is 0 Å². The van der Waals surface area contributed by atoms with Crippen molar-refractivity contribution in [2.75, 3.05) is 38.5 Å². The van der Waals surface area contributed by atoms with Gasteiger partial charge in [-0.25, -0.2) is 9.59 Å². The largest absolute Gasteiger partial charge is 0.611 e. The molecule has 1 amide bonds. The number of aromatic amines is 1. The number of aromatic nitrogens is 1. The van der Waals surface area contributed by atoms with Crippen molar-refractivity contribution in [1.82, 2.24) is 14.8 Å². The first-order chi connectivity index (χ1) is 16.6. The highest BCUT2D eigenvalue weighted by Crippen LogP contribution is 2.32. The fourth-order valence-corrected chi connectivity index (χ4v) is 5.06. The first-order valence-corrected chi connectivity index (χ1v) is 12.3. The van der Waals surface area contributed by atoms with E-state index in [4.69, 9.17) is 20.8 Å². The van der Waals surface area contributed by atoms with E-state index in [1.165, 1.54) is 11.0 Å². The van der Waals surface area contributed by atoms with E-state index in [1.807, 2.05) is 0 Å². The van der Waals surface area contributed by atoms with Crippen LogP contribution < -0.4 is 5.76 Å². The minimum Gasteiger partial charge on any atom is -0.611 e. The molecule has 0 unspecified atom stereocenters. The van der Waals surface area contributed by atoms with Crippen LogP contribution in [0.5, 0.6) is 0 Å². The van der Waals surface area contributed by atoms with Crippen molar-refractivity contribution in [3.8, 4) is 0 Å². The lowest BCUT2D eigenvalue weighted by molar-refractivity contribution is -0.137. The monoisotopic (exact) mass is 531 g/mol. The number of benzene rings is 2. The Kier molecular flexibility index (Phi) is 7.64. The second kappa shape index (κ2) is 10.5. The fourth-order valence-electron chi connectivity index (χ4n) is 3.68. The summed E-state index contributed by atoms with van der Waals surface area (Å²) in [5.74, 6) is -0.209. The van der Waals surface area contributed by atoms with Gasteiger partial charge in [0.05, 0.1) is 11.1 Å². The zero-order valence-corrected chi connectivity index (χ0v) is 19.8. The Bertz CT molecular complexity index is 1260. The number of piperazine rings is 1. The Morgan fingerprint density at radius 3 is 2.63 bits per heavy atom. The highest BCUT2D eigenvalue weighted by Gasteiger charge is 2.31. The second-order valence-corrected chi connectivity index (χ2v) is 9.96. The number of carbonyl (C=O) groups is 1.